The number of nitrogens with zero attached hydrogens (tertiary/aromatic N) is 5. The lowest BCUT2D eigenvalue weighted by molar-refractivity contribution is 1.10. The molecule has 0 fully saturated rings. The summed E-state index contributed by atoms with van der Waals surface area (Å²) in [5.74, 6) is 1.78. The Morgan fingerprint density at radius 1 is 0.265 bits per heavy atom. The van der Waals surface area contributed by atoms with Crippen LogP contribution in [0.1, 0.15) is 0 Å². The molecule has 13 rings (SSSR count). The first-order chi connectivity index (χ1) is 33.7. The van der Waals surface area contributed by atoms with Gasteiger partial charge >= 0.3 is 0 Å². The van der Waals surface area contributed by atoms with Crippen LogP contribution in [0, 0.1) is 0 Å². The van der Waals surface area contributed by atoms with Crippen molar-refractivity contribution in [2.24, 2.45) is 0 Å². The van der Waals surface area contributed by atoms with E-state index in [-0.39, 0.29) is 0 Å². The molecule has 0 atom stereocenters. The molecule has 0 radical (unpaired) electrons. The third-order valence-electron chi connectivity index (χ3n) is 13.2. The number of imidazole rings is 2. The summed E-state index contributed by atoms with van der Waals surface area (Å²) in [6, 6.07) is 88.1. The minimum absolute atomic E-state index is 0.888. The monoisotopic (exact) mass is 867 g/mol. The topological polar surface area (TPSA) is 48.5 Å². The highest BCUT2D eigenvalue weighted by Gasteiger charge is 2.22. The van der Waals surface area contributed by atoms with Crippen LogP contribution in [0.15, 0.2) is 249 Å². The molecule has 68 heavy (non-hydrogen) atoms. The number of rotatable bonds is 8. The van der Waals surface area contributed by atoms with E-state index >= 15 is 0 Å². The van der Waals surface area contributed by atoms with Crippen molar-refractivity contribution in [2.75, 3.05) is 0 Å². The molecule has 5 nitrogen and oxygen atoms in total. The van der Waals surface area contributed by atoms with Gasteiger partial charge in [-0.3, -0.25) is 9.13 Å². The van der Waals surface area contributed by atoms with Crippen LogP contribution in [0.2, 0.25) is 0 Å². The zero-order chi connectivity index (χ0) is 45.0. The van der Waals surface area contributed by atoms with Gasteiger partial charge in [0.2, 0.25) is 0 Å². The summed E-state index contributed by atoms with van der Waals surface area (Å²) in [5.41, 5.74) is 16.4. The van der Waals surface area contributed by atoms with Crippen LogP contribution in [-0.2, 0) is 0 Å². The average molecular weight is 868 g/mol. The zero-order valence-corrected chi connectivity index (χ0v) is 36.9. The van der Waals surface area contributed by atoms with Crippen LogP contribution < -0.4 is 0 Å². The van der Waals surface area contributed by atoms with E-state index in [0.717, 1.165) is 101 Å². The Labute approximate surface area is 393 Å². The third kappa shape index (κ3) is 6.68. The van der Waals surface area contributed by atoms with Crippen molar-refractivity contribution in [3.05, 3.63) is 249 Å². The molecule has 318 valence electrons. The maximum absolute atomic E-state index is 5.84. The normalized spacial score (nSPS) is 11.5. The zero-order valence-electron chi connectivity index (χ0n) is 36.9. The molecule has 0 saturated carbocycles. The summed E-state index contributed by atoms with van der Waals surface area (Å²) in [6.07, 6.45) is 0. The van der Waals surface area contributed by atoms with E-state index in [2.05, 4.69) is 246 Å². The molecule has 3 aromatic heterocycles. The van der Waals surface area contributed by atoms with E-state index in [1.54, 1.807) is 0 Å². The Morgan fingerprint density at radius 2 is 0.632 bits per heavy atom. The van der Waals surface area contributed by atoms with Gasteiger partial charge in [-0.05, 0) is 87.3 Å². The number of benzene rings is 10. The molecule has 3 heterocycles. The first kappa shape index (κ1) is 39.2. The predicted octanol–water partition coefficient (Wildman–Crippen LogP) is 16.1. The minimum Gasteiger partial charge on any atom is -0.292 e. The van der Waals surface area contributed by atoms with Crippen LogP contribution in [0.25, 0.3) is 123 Å². The Balaban J connectivity index is 1.03. The highest BCUT2D eigenvalue weighted by Crippen LogP contribution is 2.44. The van der Waals surface area contributed by atoms with Gasteiger partial charge in [0.25, 0.3) is 0 Å². The van der Waals surface area contributed by atoms with E-state index < -0.39 is 0 Å². The molecule has 0 aliphatic carbocycles. The van der Waals surface area contributed by atoms with Gasteiger partial charge in [0.1, 0.15) is 11.6 Å². The van der Waals surface area contributed by atoms with Crippen molar-refractivity contribution in [2.45, 2.75) is 0 Å². The summed E-state index contributed by atoms with van der Waals surface area (Å²) in [7, 11) is 0. The summed E-state index contributed by atoms with van der Waals surface area (Å²) >= 11 is 0. The Hall–Kier alpha value is -9.19. The fourth-order valence-corrected chi connectivity index (χ4v) is 9.96. The molecule has 0 unspecified atom stereocenters. The first-order valence-electron chi connectivity index (χ1n) is 23.0. The van der Waals surface area contributed by atoms with Gasteiger partial charge in [0.05, 0.1) is 33.5 Å². The quantitative estimate of drug-likeness (QED) is 0.153. The standard InChI is InChI=1S/C63H41N5/c1-3-21-48(22-4-1)67-58-31-13-11-29-56(58)64-62(67)46-37-33-44(34-38-46)60-54(52-27-15-19-42-17-7-9-25-50(42)52)41-55(53-28-16-20-43-18-8-10-26-51(43)53)61(66-60)45-35-39-47(40-36-45)63-65-57-30-12-14-32-59(57)68(63)49-23-5-2-6-24-49/h1-41H. The van der Waals surface area contributed by atoms with E-state index in [0.29, 0.717) is 0 Å². The molecule has 5 heteroatoms. The molecule has 0 spiro atoms. The van der Waals surface area contributed by atoms with Gasteiger partial charge < -0.3 is 0 Å². The highest BCUT2D eigenvalue weighted by atomic mass is 15.1. The number of hydrogen-bond donors (Lipinski definition) is 0. The summed E-state index contributed by atoms with van der Waals surface area (Å²) in [6.45, 7) is 0. The Kier molecular flexibility index (Phi) is 9.43. The van der Waals surface area contributed by atoms with E-state index in [1.165, 1.54) is 21.5 Å². The van der Waals surface area contributed by atoms with Crippen LogP contribution in [0.5, 0.6) is 0 Å². The second kappa shape index (κ2) is 16.4. The maximum atomic E-state index is 5.84. The van der Waals surface area contributed by atoms with E-state index in [4.69, 9.17) is 15.0 Å². The number of hydrogen-bond acceptors (Lipinski definition) is 3. The van der Waals surface area contributed by atoms with Gasteiger partial charge in [-0.25, -0.2) is 15.0 Å². The lowest BCUT2D eigenvalue weighted by atomic mass is 9.88. The molecule has 13 aromatic rings. The van der Waals surface area contributed by atoms with Gasteiger partial charge in [-0.1, -0.05) is 194 Å². The van der Waals surface area contributed by atoms with Crippen molar-refractivity contribution >= 4 is 43.6 Å². The number of fused-ring (bicyclic) bond motifs is 4. The van der Waals surface area contributed by atoms with Crippen LogP contribution in [-0.4, -0.2) is 24.1 Å². The van der Waals surface area contributed by atoms with E-state index in [9.17, 15) is 0 Å². The highest BCUT2D eigenvalue weighted by molar-refractivity contribution is 6.05. The smallest absolute Gasteiger partial charge is 0.145 e. The summed E-state index contributed by atoms with van der Waals surface area (Å²) < 4.78 is 4.50. The molecular formula is C63H41N5. The second-order valence-corrected chi connectivity index (χ2v) is 17.2. The van der Waals surface area contributed by atoms with Crippen molar-refractivity contribution < 1.29 is 0 Å². The van der Waals surface area contributed by atoms with Crippen LogP contribution in [0.3, 0.4) is 0 Å². The minimum atomic E-state index is 0.888. The second-order valence-electron chi connectivity index (χ2n) is 17.2. The number of aromatic nitrogens is 5. The van der Waals surface area contributed by atoms with Gasteiger partial charge in [-0.2, -0.15) is 0 Å². The van der Waals surface area contributed by atoms with Crippen molar-refractivity contribution in [1.29, 1.82) is 0 Å². The molecule has 0 aliphatic rings. The predicted molar refractivity (Wildman–Crippen MR) is 281 cm³/mol. The lowest BCUT2D eigenvalue weighted by Crippen LogP contribution is -1.99. The number of para-hydroxylation sites is 6. The Morgan fingerprint density at radius 3 is 1.09 bits per heavy atom. The summed E-state index contributed by atoms with van der Waals surface area (Å²) in [4.78, 5) is 16.2. The molecular weight excluding hydrogens is 827 g/mol. The van der Waals surface area contributed by atoms with Crippen LogP contribution in [0.4, 0.5) is 0 Å². The third-order valence-corrected chi connectivity index (χ3v) is 13.2. The molecule has 0 saturated heterocycles. The largest absolute Gasteiger partial charge is 0.292 e. The Bertz CT molecular complexity index is 3730. The van der Waals surface area contributed by atoms with Crippen molar-refractivity contribution in [3.8, 4) is 78.9 Å². The maximum Gasteiger partial charge on any atom is 0.145 e. The van der Waals surface area contributed by atoms with Crippen molar-refractivity contribution in [1.82, 2.24) is 24.1 Å². The molecule has 0 bridgehead atoms. The van der Waals surface area contributed by atoms with Crippen molar-refractivity contribution in [3.63, 3.8) is 0 Å². The van der Waals surface area contributed by atoms with Gasteiger partial charge in [-0.15, -0.1) is 0 Å². The first-order valence-corrected chi connectivity index (χ1v) is 23.0. The summed E-state index contributed by atoms with van der Waals surface area (Å²) in [5, 5.41) is 4.71. The lowest BCUT2D eigenvalue weighted by Gasteiger charge is -2.19. The van der Waals surface area contributed by atoms with Gasteiger partial charge in [0, 0.05) is 44.8 Å². The molecule has 0 amide bonds. The SMILES string of the molecule is c1ccc(-n2c(-c3ccc(-c4nc(-c5ccc(-c6nc7ccccc7n6-c6ccccc6)cc5)c(-c5cccc6ccccc56)cc4-c4cccc5ccccc45)cc3)nc3ccccc32)cc1. The molecule has 10 aromatic carbocycles. The molecule has 0 aliphatic heterocycles. The molecule has 0 N–H and O–H groups in total. The average Bonchev–Trinajstić information content (AvgIpc) is 4.01. The van der Waals surface area contributed by atoms with Crippen LogP contribution >= 0.6 is 0 Å². The fraction of sp³-hybridized carbons (Fsp3) is 0. The van der Waals surface area contributed by atoms with E-state index in [1.807, 2.05) is 12.1 Å². The van der Waals surface area contributed by atoms with Gasteiger partial charge in [0.15, 0.2) is 0 Å². The fourth-order valence-electron chi connectivity index (χ4n) is 9.96. The number of pyridine rings is 1.